The van der Waals surface area contributed by atoms with Gasteiger partial charge in [-0.3, -0.25) is 0 Å². The van der Waals surface area contributed by atoms with Crippen LogP contribution >= 0.6 is 0 Å². The molecule has 24 heavy (non-hydrogen) atoms. The molecule has 0 bridgehead atoms. The Bertz CT molecular complexity index is 753. The average molecular weight is 327 g/mol. The number of ether oxygens (including phenoxy) is 2. The van der Waals surface area contributed by atoms with Gasteiger partial charge in [0.05, 0.1) is 7.11 Å². The van der Waals surface area contributed by atoms with Crippen LogP contribution in [0.4, 0.5) is 0 Å². The Morgan fingerprint density at radius 2 is 1.71 bits per heavy atom. The molecule has 0 aliphatic rings. The van der Waals surface area contributed by atoms with E-state index in [1.165, 1.54) is 14.2 Å². The van der Waals surface area contributed by atoms with Gasteiger partial charge in [-0.25, -0.2) is 4.79 Å². The van der Waals surface area contributed by atoms with Gasteiger partial charge in [0.2, 0.25) is 0 Å². The number of para-hydroxylation sites is 1. The molecule has 0 spiro atoms. The molecule has 2 rings (SSSR count). The number of methoxy groups -OCH3 is 1. The van der Waals surface area contributed by atoms with Crippen LogP contribution < -0.4 is 4.74 Å². The van der Waals surface area contributed by atoms with Crippen molar-refractivity contribution in [2.24, 2.45) is 5.16 Å². The zero-order valence-electron chi connectivity index (χ0n) is 14.3. The van der Waals surface area contributed by atoms with Crippen LogP contribution in [0.2, 0.25) is 0 Å². The second-order valence-electron chi connectivity index (χ2n) is 5.28. The minimum atomic E-state index is -0.553. The first-order valence-electron chi connectivity index (χ1n) is 7.55. The Kier molecular flexibility index (Phi) is 5.95. The van der Waals surface area contributed by atoms with Crippen molar-refractivity contribution in [2.45, 2.75) is 20.5 Å². The van der Waals surface area contributed by atoms with Crippen molar-refractivity contribution in [1.29, 1.82) is 0 Å². The van der Waals surface area contributed by atoms with E-state index < -0.39 is 5.97 Å². The third-order valence-corrected chi connectivity index (χ3v) is 3.63. The van der Waals surface area contributed by atoms with Gasteiger partial charge in [-0.2, -0.15) is 0 Å². The van der Waals surface area contributed by atoms with Crippen molar-refractivity contribution in [3.63, 3.8) is 0 Å². The molecule has 0 amide bonds. The molecule has 0 aliphatic heterocycles. The SMILES string of the molecule is CO/N=C(/C(=O)OC)c1c(C)cccc1COc1ccccc1C. The highest BCUT2D eigenvalue weighted by atomic mass is 16.6. The number of aryl methyl sites for hydroxylation is 2. The molecule has 0 unspecified atom stereocenters. The maximum absolute atomic E-state index is 12.1. The van der Waals surface area contributed by atoms with Crippen molar-refractivity contribution in [1.82, 2.24) is 0 Å². The van der Waals surface area contributed by atoms with Gasteiger partial charge >= 0.3 is 5.97 Å². The lowest BCUT2D eigenvalue weighted by molar-refractivity contribution is -0.132. The summed E-state index contributed by atoms with van der Waals surface area (Å²) in [7, 11) is 2.71. The largest absolute Gasteiger partial charge is 0.489 e. The number of esters is 1. The fourth-order valence-electron chi connectivity index (χ4n) is 2.43. The minimum absolute atomic E-state index is 0.126. The van der Waals surface area contributed by atoms with E-state index in [0.717, 1.165) is 22.4 Å². The Balaban J connectivity index is 2.37. The zero-order valence-corrected chi connectivity index (χ0v) is 14.3. The number of benzene rings is 2. The van der Waals surface area contributed by atoms with E-state index >= 15 is 0 Å². The lowest BCUT2D eigenvalue weighted by atomic mass is 9.98. The van der Waals surface area contributed by atoms with E-state index in [9.17, 15) is 4.79 Å². The molecule has 0 heterocycles. The number of carbonyl (C=O) groups excluding carboxylic acids is 1. The van der Waals surface area contributed by atoms with Crippen molar-refractivity contribution in [3.8, 4) is 5.75 Å². The van der Waals surface area contributed by atoms with Crippen LogP contribution in [0.15, 0.2) is 47.6 Å². The summed E-state index contributed by atoms with van der Waals surface area (Å²) in [5.41, 5.74) is 3.56. The van der Waals surface area contributed by atoms with Crippen molar-refractivity contribution < 1.29 is 19.1 Å². The predicted octanol–water partition coefficient (Wildman–Crippen LogP) is 3.41. The van der Waals surface area contributed by atoms with Gasteiger partial charge < -0.3 is 14.3 Å². The normalized spacial score (nSPS) is 11.1. The Morgan fingerprint density at radius 1 is 1.00 bits per heavy atom. The first kappa shape index (κ1) is 17.5. The lowest BCUT2D eigenvalue weighted by Gasteiger charge is -2.15. The molecule has 2 aromatic carbocycles. The van der Waals surface area contributed by atoms with Crippen molar-refractivity contribution in [2.75, 3.05) is 14.2 Å². The maximum Gasteiger partial charge on any atom is 0.360 e. The number of nitrogens with zero attached hydrogens (tertiary/aromatic N) is 1. The third-order valence-electron chi connectivity index (χ3n) is 3.63. The fraction of sp³-hybridized carbons (Fsp3) is 0.263. The van der Waals surface area contributed by atoms with E-state index in [0.29, 0.717) is 12.2 Å². The van der Waals surface area contributed by atoms with E-state index in [4.69, 9.17) is 14.3 Å². The molecule has 0 saturated carbocycles. The first-order valence-corrected chi connectivity index (χ1v) is 7.55. The smallest absolute Gasteiger partial charge is 0.360 e. The summed E-state index contributed by atoms with van der Waals surface area (Å²) in [4.78, 5) is 16.9. The van der Waals surface area contributed by atoms with Gasteiger partial charge in [-0.05, 0) is 36.6 Å². The molecular weight excluding hydrogens is 306 g/mol. The van der Waals surface area contributed by atoms with E-state index in [-0.39, 0.29) is 5.71 Å². The zero-order chi connectivity index (χ0) is 17.5. The molecule has 0 aliphatic carbocycles. The van der Waals surface area contributed by atoms with E-state index in [1.807, 2.05) is 56.3 Å². The minimum Gasteiger partial charge on any atom is -0.489 e. The van der Waals surface area contributed by atoms with Crippen LogP contribution in [-0.4, -0.2) is 25.9 Å². The molecule has 0 N–H and O–H groups in total. The van der Waals surface area contributed by atoms with Gasteiger partial charge in [0.1, 0.15) is 19.5 Å². The molecule has 5 heteroatoms. The summed E-state index contributed by atoms with van der Waals surface area (Å²) in [6, 6.07) is 13.5. The summed E-state index contributed by atoms with van der Waals surface area (Å²) in [6.45, 7) is 4.20. The van der Waals surface area contributed by atoms with Gasteiger partial charge in [0, 0.05) is 5.56 Å². The van der Waals surface area contributed by atoms with Gasteiger partial charge in [-0.1, -0.05) is 41.6 Å². The Labute approximate surface area is 141 Å². The summed E-state index contributed by atoms with van der Waals surface area (Å²) in [6.07, 6.45) is 0. The van der Waals surface area contributed by atoms with Crippen LogP contribution in [0.3, 0.4) is 0 Å². The molecular formula is C19H21NO4. The number of oxime groups is 1. The number of hydrogen-bond donors (Lipinski definition) is 0. The highest BCUT2D eigenvalue weighted by Crippen LogP contribution is 2.21. The lowest BCUT2D eigenvalue weighted by Crippen LogP contribution is -2.21. The first-order chi connectivity index (χ1) is 11.6. The summed E-state index contributed by atoms with van der Waals surface area (Å²) in [5, 5.41) is 3.85. The second-order valence-corrected chi connectivity index (χ2v) is 5.28. The standard InChI is InChI=1S/C19H21NO4/c1-13-8-5-6-11-16(13)24-12-15-10-7-9-14(2)17(15)18(20-23-4)19(21)22-3/h5-11H,12H2,1-4H3/b20-18+. The van der Waals surface area contributed by atoms with E-state index in [1.54, 1.807) is 0 Å². The van der Waals surface area contributed by atoms with Gasteiger partial charge in [0.25, 0.3) is 0 Å². The second kappa shape index (κ2) is 8.15. The van der Waals surface area contributed by atoms with Gasteiger partial charge in [-0.15, -0.1) is 0 Å². The van der Waals surface area contributed by atoms with Crippen LogP contribution in [0, 0.1) is 13.8 Å². The summed E-state index contributed by atoms with van der Waals surface area (Å²) in [5.74, 6) is 0.247. The molecule has 0 radical (unpaired) electrons. The van der Waals surface area contributed by atoms with Crippen molar-refractivity contribution in [3.05, 3.63) is 64.7 Å². The average Bonchev–Trinajstić information content (AvgIpc) is 2.59. The van der Waals surface area contributed by atoms with Crippen LogP contribution in [0.1, 0.15) is 22.3 Å². The number of rotatable bonds is 6. The third kappa shape index (κ3) is 3.93. The van der Waals surface area contributed by atoms with Crippen LogP contribution in [0.5, 0.6) is 5.75 Å². The summed E-state index contributed by atoms with van der Waals surface area (Å²) < 4.78 is 10.7. The van der Waals surface area contributed by atoms with Crippen LogP contribution in [-0.2, 0) is 21.0 Å². The number of carbonyl (C=O) groups is 1. The molecule has 0 saturated heterocycles. The van der Waals surface area contributed by atoms with E-state index in [2.05, 4.69) is 5.16 Å². The van der Waals surface area contributed by atoms with Crippen molar-refractivity contribution >= 4 is 11.7 Å². The predicted molar refractivity (Wildman–Crippen MR) is 92.3 cm³/mol. The maximum atomic E-state index is 12.1. The monoisotopic (exact) mass is 327 g/mol. The molecule has 0 aromatic heterocycles. The topological polar surface area (TPSA) is 57.1 Å². The molecule has 5 nitrogen and oxygen atoms in total. The quantitative estimate of drug-likeness (QED) is 0.463. The fourth-order valence-corrected chi connectivity index (χ4v) is 2.43. The Hall–Kier alpha value is -2.82. The molecule has 0 fully saturated rings. The highest BCUT2D eigenvalue weighted by molar-refractivity contribution is 6.43. The van der Waals surface area contributed by atoms with Crippen LogP contribution in [0.25, 0.3) is 0 Å². The van der Waals surface area contributed by atoms with Gasteiger partial charge in [0.15, 0.2) is 5.71 Å². The molecule has 126 valence electrons. The summed E-state index contributed by atoms with van der Waals surface area (Å²) >= 11 is 0. The number of hydrogen-bond acceptors (Lipinski definition) is 5. The molecule has 2 aromatic rings. The highest BCUT2D eigenvalue weighted by Gasteiger charge is 2.21. The Morgan fingerprint density at radius 3 is 2.38 bits per heavy atom. The molecule has 0 atom stereocenters.